The number of hydrogen-bond donors (Lipinski definition) is 1. The van der Waals surface area contributed by atoms with Gasteiger partial charge in [-0.2, -0.15) is 4.31 Å². The number of quaternary nitrogens is 1. The summed E-state index contributed by atoms with van der Waals surface area (Å²) in [6.45, 7) is 2.37. The maximum absolute atomic E-state index is 13.9. The Morgan fingerprint density at radius 1 is 0.891 bits per heavy atom. The van der Waals surface area contributed by atoms with Gasteiger partial charge in [-0.1, -0.05) is 35.9 Å². The quantitative estimate of drug-likeness (QED) is 0.285. The van der Waals surface area contributed by atoms with Crippen LogP contribution in [0.1, 0.15) is 10.4 Å². The van der Waals surface area contributed by atoms with Gasteiger partial charge in [-0.25, -0.2) is 13.2 Å². The van der Waals surface area contributed by atoms with E-state index in [1.54, 1.807) is 67.0 Å². The topological polar surface area (TPSA) is 128 Å². The predicted octanol–water partition coefficient (Wildman–Crippen LogP) is 2.31. The highest BCUT2D eigenvalue weighted by Gasteiger charge is 2.43. The van der Waals surface area contributed by atoms with E-state index in [0.717, 1.165) is 16.5 Å². The molecule has 46 heavy (non-hydrogen) atoms. The van der Waals surface area contributed by atoms with Gasteiger partial charge in [0.25, 0.3) is 5.91 Å². The molecule has 6 rings (SSSR count). The van der Waals surface area contributed by atoms with Crippen molar-refractivity contribution in [1.82, 2.24) is 19.1 Å². The summed E-state index contributed by atoms with van der Waals surface area (Å²) in [6, 6.07) is 19.3. The Kier molecular flexibility index (Phi) is 9.76. The van der Waals surface area contributed by atoms with Crippen LogP contribution >= 0.6 is 11.6 Å². The second-order valence-corrected chi connectivity index (χ2v) is 13.7. The SMILES string of the molecule is O=C(c1ccc(-c2ccncc2)cc1)N1CCN(S(=O)(=O)c2ccc3cc(Cl)ccc3c2)CC1C(=O)[NH+]([O-])CCN1CCOCC1. The van der Waals surface area contributed by atoms with Crippen molar-refractivity contribution in [2.75, 3.05) is 59.0 Å². The summed E-state index contributed by atoms with van der Waals surface area (Å²) in [6.07, 6.45) is 3.36. The number of benzene rings is 3. The monoisotopic (exact) mass is 663 g/mol. The summed E-state index contributed by atoms with van der Waals surface area (Å²) in [5, 5.41) is 14.6. The van der Waals surface area contributed by atoms with Crippen LogP contribution in [0.2, 0.25) is 5.02 Å². The number of amides is 2. The number of ether oxygens (including phenoxy) is 1. The molecule has 1 N–H and O–H groups in total. The van der Waals surface area contributed by atoms with Crippen molar-refractivity contribution in [1.29, 1.82) is 0 Å². The summed E-state index contributed by atoms with van der Waals surface area (Å²) in [7, 11) is -4.06. The molecule has 0 spiro atoms. The van der Waals surface area contributed by atoms with Crippen LogP contribution in [0.3, 0.4) is 0 Å². The zero-order valence-electron chi connectivity index (χ0n) is 25.0. The Bertz CT molecular complexity index is 1820. The molecule has 3 aromatic carbocycles. The first-order valence-corrected chi connectivity index (χ1v) is 16.9. The van der Waals surface area contributed by atoms with Gasteiger partial charge in [0.15, 0.2) is 6.04 Å². The van der Waals surface area contributed by atoms with Gasteiger partial charge >= 0.3 is 5.91 Å². The molecule has 0 saturated carbocycles. The molecule has 2 saturated heterocycles. The summed E-state index contributed by atoms with van der Waals surface area (Å²) >= 11 is 6.10. The molecule has 0 bridgehead atoms. The smallest absolute Gasteiger partial charge is 0.336 e. The van der Waals surface area contributed by atoms with E-state index < -0.39 is 32.9 Å². The number of nitrogens with one attached hydrogen (secondary N) is 1. The first-order valence-electron chi connectivity index (χ1n) is 15.1. The number of piperazine rings is 1. The molecule has 3 heterocycles. The maximum atomic E-state index is 13.9. The predicted molar refractivity (Wildman–Crippen MR) is 174 cm³/mol. The van der Waals surface area contributed by atoms with Crippen molar-refractivity contribution >= 4 is 44.2 Å². The molecule has 0 aliphatic carbocycles. The van der Waals surface area contributed by atoms with Gasteiger partial charge in [0, 0.05) is 62.2 Å². The molecule has 0 radical (unpaired) electrons. The van der Waals surface area contributed by atoms with E-state index in [4.69, 9.17) is 16.3 Å². The number of morpholine rings is 1. The number of carbonyl (C=O) groups is 2. The standard InChI is InChI=1S/C33H34ClN5O6S/c34-29-7-5-28-22-30(8-6-27(28)21-29)46(43,44)37-14-15-38(31(23-37)33(41)39(42)16-13-36-17-19-45-20-18-36)32(40)26-3-1-24(2-4-26)25-9-11-35-12-10-25/h1-12,21-22,31,39H,13-20,23H2. The first-order chi connectivity index (χ1) is 22.2. The molecule has 13 heteroatoms. The highest BCUT2D eigenvalue weighted by Crippen LogP contribution is 2.27. The van der Waals surface area contributed by atoms with Crippen LogP contribution in [0, 0.1) is 5.21 Å². The van der Waals surface area contributed by atoms with Crippen molar-refractivity contribution in [3.8, 4) is 11.1 Å². The molecule has 2 aliphatic heterocycles. The zero-order chi connectivity index (χ0) is 32.3. The lowest BCUT2D eigenvalue weighted by atomic mass is 10.0. The second-order valence-electron chi connectivity index (χ2n) is 11.3. The Labute approximate surface area is 272 Å². The van der Waals surface area contributed by atoms with E-state index in [9.17, 15) is 23.2 Å². The average molecular weight is 664 g/mol. The first kappa shape index (κ1) is 32.2. The van der Waals surface area contributed by atoms with E-state index in [2.05, 4.69) is 4.98 Å². The summed E-state index contributed by atoms with van der Waals surface area (Å²) in [5.74, 6) is -1.22. The normalized spacial score (nSPS) is 18.8. The highest BCUT2D eigenvalue weighted by molar-refractivity contribution is 7.89. The molecule has 2 atom stereocenters. The third-order valence-corrected chi connectivity index (χ3v) is 10.6. The van der Waals surface area contributed by atoms with Gasteiger partial charge < -0.3 is 19.9 Å². The number of aromatic nitrogens is 1. The van der Waals surface area contributed by atoms with Crippen LogP contribution in [0.15, 0.2) is 90.1 Å². The second kappa shape index (κ2) is 13.9. The van der Waals surface area contributed by atoms with Crippen molar-refractivity contribution in [3.63, 3.8) is 0 Å². The number of sulfonamides is 1. The fraction of sp³-hybridized carbons (Fsp3) is 0.303. The number of hydroxylamine groups is 2. The van der Waals surface area contributed by atoms with Gasteiger partial charge in [-0.05, 0) is 70.4 Å². The average Bonchev–Trinajstić information content (AvgIpc) is 3.10. The summed E-state index contributed by atoms with van der Waals surface area (Å²) < 4.78 is 34.3. The molecule has 240 valence electrons. The Morgan fingerprint density at radius 3 is 2.30 bits per heavy atom. The van der Waals surface area contributed by atoms with Gasteiger partial charge in [0.05, 0.1) is 24.7 Å². The molecular weight excluding hydrogens is 630 g/mol. The van der Waals surface area contributed by atoms with Crippen molar-refractivity contribution in [3.05, 3.63) is 101 Å². The molecule has 2 amide bonds. The van der Waals surface area contributed by atoms with E-state index in [1.807, 2.05) is 17.0 Å². The molecule has 2 fully saturated rings. The largest absolute Gasteiger partial charge is 0.627 e. The van der Waals surface area contributed by atoms with Crippen LogP contribution in [0.25, 0.3) is 21.9 Å². The lowest BCUT2D eigenvalue weighted by molar-refractivity contribution is -0.766. The zero-order valence-corrected chi connectivity index (χ0v) is 26.6. The minimum atomic E-state index is -4.06. The van der Waals surface area contributed by atoms with Crippen molar-refractivity contribution < 1.29 is 27.8 Å². The lowest BCUT2D eigenvalue weighted by Crippen LogP contribution is -3.12. The Hall–Kier alpha value is -3.75. The minimum absolute atomic E-state index is 0.0298. The van der Waals surface area contributed by atoms with Gasteiger partial charge in [0.1, 0.15) is 0 Å². The third-order valence-electron chi connectivity index (χ3n) is 8.50. The molecule has 2 unspecified atom stereocenters. The van der Waals surface area contributed by atoms with E-state index >= 15 is 0 Å². The fourth-order valence-corrected chi connectivity index (χ4v) is 7.51. The van der Waals surface area contributed by atoms with Crippen LogP contribution in [-0.2, 0) is 19.6 Å². The highest BCUT2D eigenvalue weighted by atomic mass is 35.5. The van der Waals surface area contributed by atoms with Gasteiger partial charge in [0.2, 0.25) is 10.0 Å². The van der Waals surface area contributed by atoms with E-state index in [1.165, 1.54) is 15.3 Å². The molecule has 11 nitrogen and oxygen atoms in total. The van der Waals surface area contributed by atoms with Crippen LogP contribution in [-0.4, -0.2) is 104 Å². The van der Waals surface area contributed by atoms with Crippen molar-refractivity contribution in [2.24, 2.45) is 0 Å². The minimum Gasteiger partial charge on any atom is -0.627 e. The van der Waals surface area contributed by atoms with Gasteiger partial charge in [-0.3, -0.25) is 14.7 Å². The fourth-order valence-electron chi connectivity index (χ4n) is 5.86. The summed E-state index contributed by atoms with van der Waals surface area (Å²) in [4.78, 5) is 35.1. The van der Waals surface area contributed by atoms with Crippen molar-refractivity contribution in [2.45, 2.75) is 10.9 Å². The molecule has 1 aromatic heterocycles. The number of fused-ring (bicyclic) bond motifs is 1. The Balaban J connectivity index is 1.25. The maximum Gasteiger partial charge on any atom is 0.336 e. The number of halogens is 1. The number of carbonyl (C=O) groups excluding carboxylic acids is 2. The van der Waals surface area contributed by atoms with E-state index in [-0.39, 0.29) is 31.1 Å². The van der Waals surface area contributed by atoms with Crippen LogP contribution < -0.4 is 5.06 Å². The molecule has 4 aromatic rings. The van der Waals surface area contributed by atoms with Crippen LogP contribution in [0.5, 0.6) is 0 Å². The van der Waals surface area contributed by atoms with E-state index in [0.29, 0.717) is 48.8 Å². The lowest BCUT2D eigenvalue weighted by Gasteiger charge is -2.40. The number of pyridine rings is 1. The molecule has 2 aliphatic rings. The molecular formula is C33H34ClN5O6S. The summed E-state index contributed by atoms with van der Waals surface area (Å²) in [5.41, 5.74) is 2.16. The number of nitrogens with zero attached hydrogens (tertiary/aromatic N) is 4. The number of hydrogen-bond acceptors (Lipinski definition) is 8. The third kappa shape index (κ3) is 6.98. The van der Waals surface area contributed by atoms with Crippen LogP contribution in [0.4, 0.5) is 0 Å². The number of rotatable bonds is 8. The Morgan fingerprint density at radius 2 is 1.57 bits per heavy atom. The van der Waals surface area contributed by atoms with Gasteiger partial charge in [-0.15, -0.1) is 0 Å².